The lowest BCUT2D eigenvalue weighted by Gasteiger charge is -2.46. The van der Waals surface area contributed by atoms with Gasteiger partial charge in [0.1, 0.15) is 11.3 Å². The van der Waals surface area contributed by atoms with Crippen molar-refractivity contribution in [2.45, 2.75) is 25.0 Å². The van der Waals surface area contributed by atoms with Crippen LogP contribution in [0.4, 0.5) is 5.69 Å². The number of nitrogens with zero attached hydrogens (tertiary/aromatic N) is 1. The Morgan fingerprint density at radius 3 is 2.60 bits per heavy atom. The molecule has 0 fully saturated rings. The SMILES string of the molecule is COC(=O)c1cccc2c1OC1(C=C2)N(C)c2ccccc2C1(C)C. The van der Waals surface area contributed by atoms with E-state index in [0.29, 0.717) is 11.3 Å². The highest BCUT2D eigenvalue weighted by Crippen LogP contribution is 2.54. The van der Waals surface area contributed by atoms with Crippen LogP contribution in [0, 0.1) is 0 Å². The predicted molar refractivity (Wildman–Crippen MR) is 98.0 cm³/mol. The second-order valence-corrected chi connectivity index (χ2v) is 7.05. The van der Waals surface area contributed by atoms with E-state index in [1.54, 1.807) is 6.07 Å². The zero-order valence-electron chi connectivity index (χ0n) is 14.9. The van der Waals surface area contributed by atoms with E-state index in [1.807, 2.05) is 37.4 Å². The van der Waals surface area contributed by atoms with Crippen LogP contribution in [-0.4, -0.2) is 25.9 Å². The molecule has 4 nitrogen and oxygen atoms in total. The van der Waals surface area contributed by atoms with E-state index < -0.39 is 11.7 Å². The van der Waals surface area contributed by atoms with Gasteiger partial charge in [-0.3, -0.25) is 0 Å². The summed E-state index contributed by atoms with van der Waals surface area (Å²) in [6, 6.07) is 13.9. The molecule has 25 heavy (non-hydrogen) atoms. The number of anilines is 1. The molecule has 4 heteroatoms. The third-order valence-electron chi connectivity index (χ3n) is 5.53. The number of hydrogen-bond donors (Lipinski definition) is 0. The van der Waals surface area contributed by atoms with Crippen molar-refractivity contribution in [2.75, 3.05) is 19.1 Å². The quantitative estimate of drug-likeness (QED) is 0.738. The summed E-state index contributed by atoms with van der Waals surface area (Å²) in [5.41, 5.74) is 2.69. The van der Waals surface area contributed by atoms with Crippen molar-refractivity contribution in [3.63, 3.8) is 0 Å². The molecule has 2 aromatic carbocycles. The van der Waals surface area contributed by atoms with Gasteiger partial charge in [-0.1, -0.05) is 30.3 Å². The standard InChI is InChI=1S/C21H21NO3/c1-20(2)16-10-5-6-11-17(16)22(3)21(20)13-12-14-8-7-9-15(18(14)25-21)19(23)24-4/h5-13H,1-4H3. The maximum atomic E-state index is 12.2. The monoisotopic (exact) mass is 335 g/mol. The van der Waals surface area contributed by atoms with Gasteiger partial charge in [-0.2, -0.15) is 0 Å². The molecule has 0 N–H and O–H groups in total. The van der Waals surface area contributed by atoms with Crippen molar-refractivity contribution >= 4 is 17.7 Å². The lowest BCUT2D eigenvalue weighted by molar-refractivity contribution is 0.0492. The molecule has 0 radical (unpaired) electrons. The fourth-order valence-electron chi connectivity index (χ4n) is 4.07. The highest BCUT2D eigenvalue weighted by molar-refractivity contribution is 5.94. The van der Waals surface area contributed by atoms with Gasteiger partial charge in [0.25, 0.3) is 0 Å². The summed E-state index contributed by atoms with van der Waals surface area (Å²) in [4.78, 5) is 14.4. The zero-order valence-corrected chi connectivity index (χ0v) is 14.9. The van der Waals surface area contributed by atoms with Crippen LogP contribution in [0.5, 0.6) is 5.75 Å². The average Bonchev–Trinajstić information content (AvgIpc) is 2.80. The van der Waals surface area contributed by atoms with Gasteiger partial charge in [0, 0.05) is 18.3 Å². The van der Waals surface area contributed by atoms with Crippen molar-refractivity contribution in [1.29, 1.82) is 0 Å². The molecule has 2 aromatic rings. The number of carbonyl (C=O) groups excluding carboxylic acids is 1. The predicted octanol–water partition coefficient (Wildman–Crippen LogP) is 4.00. The van der Waals surface area contributed by atoms with Crippen LogP contribution in [0.1, 0.15) is 35.3 Å². The number of esters is 1. The molecule has 1 spiro atoms. The van der Waals surface area contributed by atoms with Crippen LogP contribution in [-0.2, 0) is 10.2 Å². The summed E-state index contributed by atoms with van der Waals surface area (Å²) in [5.74, 6) is 0.183. The highest BCUT2D eigenvalue weighted by atomic mass is 16.5. The number of para-hydroxylation sites is 2. The van der Waals surface area contributed by atoms with E-state index in [4.69, 9.17) is 9.47 Å². The number of likely N-dealkylation sites (N-methyl/N-ethyl adjacent to an activating group) is 1. The maximum absolute atomic E-state index is 12.2. The largest absolute Gasteiger partial charge is 0.465 e. The van der Waals surface area contributed by atoms with E-state index in [2.05, 4.69) is 37.0 Å². The molecule has 0 saturated carbocycles. The number of rotatable bonds is 1. The molecule has 0 aromatic heterocycles. The van der Waals surface area contributed by atoms with Gasteiger partial charge in [-0.25, -0.2) is 4.79 Å². The molecule has 2 heterocycles. The van der Waals surface area contributed by atoms with Gasteiger partial charge in [0.15, 0.2) is 0 Å². The molecule has 0 bridgehead atoms. The van der Waals surface area contributed by atoms with Crippen LogP contribution in [0.3, 0.4) is 0 Å². The maximum Gasteiger partial charge on any atom is 0.341 e. The molecule has 1 atom stereocenters. The van der Waals surface area contributed by atoms with Gasteiger partial charge in [0.05, 0.1) is 12.5 Å². The Morgan fingerprint density at radius 2 is 1.88 bits per heavy atom. The molecular weight excluding hydrogens is 314 g/mol. The van der Waals surface area contributed by atoms with Gasteiger partial charge >= 0.3 is 5.97 Å². The number of ether oxygens (including phenoxy) is 2. The minimum Gasteiger partial charge on any atom is -0.465 e. The molecule has 0 aliphatic carbocycles. The Bertz CT molecular complexity index is 900. The lowest BCUT2D eigenvalue weighted by Crippen LogP contribution is -2.58. The summed E-state index contributed by atoms with van der Waals surface area (Å²) in [6.45, 7) is 4.34. The van der Waals surface area contributed by atoms with Gasteiger partial charge in [-0.05, 0) is 43.7 Å². The summed E-state index contributed by atoms with van der Waals surface area (Å²) < 4.78 is 11.5. The summed E-state index contributed by atoms with van der Waals surface area (Å²) >= 11 is 0. The van der Waals surface area contributed by atoms with E-state index in [1.165, 1.54) is 12.7 Å². The normalized spacial score (nSPS) is 22.3. The lowest BCUT2D eigenvalue weighted by atomic mass is 9.76. The molecule has 128 valence electrons. The van der Waals surface area contributed by atoms with Crippen molar-refractivity contribution in [3.05, 3.63) is 65.2 Å². The smallest absolute Gasteiger partial charge is 0.341 e. The highest BCUT2D eigenvalue weighted by Gasteiger charge is 2.57. The third-order valence-corrected chi connectivity index (χ3v) is 5.53. The summed E-state index contributed by atoms with van der Waals surface area (Å²) in [5, 5.41) is 0. The third kappa shape index (κ3) is 1.91. The Balaban J connectivity index is 1.90. The molecule has 0 amide bonds. The van der Waals surface area contributed by atoms with Crippen molar-refractivity contribution in [3.8, 4) is 5.75 Å². The van der Waals surface area contributed by atoms with E-state index in [0.717, 1.165) is 11.3 Å². The number of methoxy groups -OCH3 is 1. The molecule has 2 aliphatic heterocycles. The van der Waals surface area contributed by atoms with Gasteiger partial charge in [-0.15, -0.1) is 0 Å². The van der Waals surface area contributed by atoms with E-state index in [9.17, 15) is 4.79 Å². The minimum absolute atomic E-state index is 0.296. The molecular formula is C21H21NO3. The van der Waals surface area contributed by atoms with Gasteiger partial charge < -0.3 is 14.4 Å². The van der Waals surface area contributed by atoms with E-state index >= 15 is 0 Å². The van der Waals surface area contributed by atoms with Crippen LogP contribution in [0.2, 0.25) is 0 Å². The topological polar surface area (TPSA) is 38.8 Å². The van der Waals surface area contributed by atoms with Crippen LogP contribution in [0.25, 0.3) is 6.08 Å². The fourth-order valence-corrected chi connectivity index (χ4v) is 4.07. The first-order valence-electron chi connectivity index (χ1n) is 8.35. The number of fused-ring (bicyclic) bond motifs is 2. The number of carbonyl (C=O) groups is 1. The first kappa shape index (κ1) is 15.8. The van der Waals surface area contributed by atoms with Crippen molar-refractivity contribution < 1.29 is 14.3 Å². The van der Waals surface area contributed by atoms with Crippen molar-refractivity contribution in [2.24, 2.45) is 0 Å². The molecule has 4 rings (SSSR count). The summed E-state index contributed by atoms with van der Waals surface area (Å²) in [6.07, 6.45) is 4.13. The fraction of sp³-hybridized carbons (Fsp3) is 0.286. The Labute approximate surface area is 147 Å². The second kappa shape index (κ2) is 5.12. The average molecular weight is 335 g/mol. The number of benzene rings is 2. The first-order chi connectivity index (χ1) is 11.9. The molecule has 2 aliphatic rings. The Kier molecular flexibility index (Phi) is 3.23. The number of hydrogen-bond acceptors (Lipinski definition) is 4. The first-order valence-corrected chi connectivity index (χ1v) is 8.35. The summed E-state index contributed by atoms with van der Waals surface area (Å²) in [7, 11) is 3.42. The molecule has 1 unspecified atom stereocenters. The minimum atomic E-state index is -0.701. The second-order valence-electron chi connectivity index (χ2n) is 7.05. The Hall–Kier alpha value is -2.75. The van der Waals surface area contributed by atoms with E-state index in [-0.39, 0.29) is 5.41 Å². The van der Waals surface area contributed by atoms with Crippen LogP contribution >= 0.6 is 0 Å². The van der Waals surface area contributed by atoms with Gasteiger partial charge in [0.2, 0.25) is 5.72 Å². The Morgan fingerprint density at radius 1 is 1.12 bits per heavy atom. The van der Waals surface area contributed by atoms with Crippen LogP contribution < -0.4 is 9.64 Å². The van der Waals surface area contributed by atoms with Crippen molar-refractivity contribution in [1.82, 2.24) is 0 Å². The zero-order chi connectivity index (χ0) is 17.8. The molecule has 0 saturated heterocycles. The van der Waals surface area contributed by atoms with Crippen LogP contribution in [0.15, 0.2) is 48.5 Å².